The van der Waals surface area contributed by atoms with Gasteiger partial charge in [-0.1, -0.05) is 71.6 Å². The van der Waals surface area contributed by atoms with Crippen LogP contribution in [0.15, 0.2) is 5.11 Å². The largest absolute Gasteiger partial charge is 0.210 e. The topological polar surface area (TPSA) is 36.2 Å². The van der Waals surface area contributed by atoms with Gasteiger partial charge < -0.3 is 0 Å². The summed E-state index contributed by atoms with van der Waals surface area (Å²) in [6.07, 6.45) is 13.6. The van der Waals surface area contributed by atoms with Crippen LogP contribution in [0.2, 0.25) is 0 Å². The highest BCUT2D eigenvalue weighted by molar-refractivity contribution is 4.50. The van der Waals surface area contributed by atoms with Gasteiger partial charge >= 0.3 is 0 Å². The number of rotatable bonds is 12. The van der Waals surface area contributed by atoms with E-state index in [0.29, 0.717) is 0 Å². The van der Waals surface area contributed by atoms with Gasteiger partial charge in [0, 0.05) is 0 Å². The average Bonchev–Trinajstić information content (AvgIpc) is 2.25. The molecular weight excluding hydrogens is 196 g/mol. The molecule has 0 rings (SSSR count). The van der Waals surface area contributed by atoms with E-state index in [1.807, 2.05) is 0 Å². The van der Waals surface area contributed by atoms with Crippen LogP contribution < -0.4 is 0 Å². The van der Waals surface area contributed by atoms with Crippen LogP contribution in [0.3, 0.4) is 0 Å². The molecule has 0 aliphatic rings. The molecule has 0 aliphatic carbocycles. The molecule has 2 heteroatoms. The van der Waals surface area contributed by atoms with E-state index in [-0.39, 0.29) is 0 Å². The lowest BCUT2D eigenvalue weighted by Crippen LogP contribution is -1.87. The Hall–Kier alpha value is -0.400. The monoisotopic (exact) mass is 226 g/mol. The van der Waals surface area contributed by atoms with Crippen LogP contribution in [0.1, 0.15) is 78.1 Å². The van der Waals surface area contributed by atoms with Crippen LogP contribution in [0, 0.1) is 11.4 Å². The number of hydrogen-bond acceptors (Lipinski definition) is 2. The summed E-state index contributed by atoms with van der Waals surface area (Å²) in [5.74, 6) is 0.877. The van der Waals surface area contributed by atoms with Crippen molar-refractivity contribution in [2.24, 2.45) is 11.0 Å². The number of unbranched alkanes of at least 4 members (excludes halogenated alkanes) is 8. The molecule has 0 spiro atoms. The molecule has 0 unspecified atom stereocenters. The lowest BCUT2D eigenvalue weighted by atomic mass is 10.0. The van der Waals surface area contributed by atoms with Crippen molar-refractivity contribution >= 4 is 0 Å². The molecule has 0 aromatic carbocycles. The summed E-state index contributed by atoms with van der Waals surface area (Å²) in [4.78, 5) is 0. The molecule has 16 heavy (non-hydrogen) atoms. The molecule has 0 radical (unpaired) electrons. The summed E-state index contributed by atoms with van der Waals surface area (Å²) in [6, 6.07) is 0. The smallest absolute Gasteiger partial charge is 0.0596 e. The number of nitrogens with one attached hydrogen (secondary N) is 1. The molecule has 2 nitrogen and oxygen atoms in total. The van der Waals surface area contributed by atoms with Gasteiger partial charge in [0.1, 0.15) is 0 Å². The minimum Gasteiger partial charge on any atom is -0.210 e. The minimum absolute atomic E-state index is 0.731. The van der Waals surface area contributed by atoms with Gasteiger partial charge in [-0.2, -0.15) is 5.11 Å². The van der Waals surface area contributed by atoms with Crippen LogP contribution in [-0.4, -0.2) is 6.54 Å². The maximum absolute atomic E-state index is 6.67. The zero-order valence-electron chi connectivity index (χ0n) is 11.3. The quantitative estimate of drug-likeness (QED) is 0.333. The Kier molecular flexibility index (Phi) is 12.4. The second kappa shape index (κ2) is 12.7. The third-order valence-electron chi connectivity index (χ3n) is 3.05. The maximum Gasteiger partial charge on any atom is 0.0596 e. The minimum atomic E-state index is 0.731. The molecule has 0 aromatic heterocycles. The molecular formula is C14H30N2. The zero-order chi connectivity index (χ0) is 12.1. The predicted molar refractivity (Wildman–Crippen MR) is 71.0 cm³/mol. The molecule has 96 valence electrons. The summed E-state index contributed by atoms with van der Waals surface area (Å²) in [6.45, 7) is 5.35. The number of hydrogen-bond donors (Lipinski definition) is 1. The fourth-order valence-electron chi connectivity index (χ4n) is 1.98. The Bertz CT molecular complexity index is 144. The second-order valence-corrected chi connectivity index (χ2v) is 5.25. The fourth-order valence-corrected chi connectivity index (χ4v) is 1.98. The van der Waals surface area contributed by atoms with Gasteiger partial charge in [-0.05, 0) is 12.3 Å². The van der Waals surface area contributed by atoms with Crippen LogP contribution in [0.5, 0.6) is 0 Å². The van der Waals surface area contributed by atoms with Crippen LogP contribution in [0.25, 0.3) is 0 Å². The predicted octanol–water partition coefficient (Wildman–Crippen LogP) is 5.57. The molecule has 1 N–H and O–H groups in total. The molecule has 0 atom stereocenters. The lowest BCUT2D eigenvalue weighted by molar-refractivity contribution is 0.506. The van der Waals surface area contributed by atoms with Gasteiger partial charge in [-0.3, -0.25) is 0 Å². The van der Waals surface area contributed by atoms with Gasteiger partial charge in [0.25, 0.3) is 0 Å². The van der Waals surface area contributed by atoms with Gasteiger partial charge in [0.05, 0.1) is 6.54 Å². The van der Waals surface area contributed by atoms with Crippen molar-refractivity contribution in [2.45, 2.75) is 78.1 Å². The fraction of sp³-hybridized carbons (Fsp3) is 1.00. The third-order valence-corrected chi connectivity index (χ3v) is 3.05. The van der Waals surface area contributed by atoms with E-state index in [2.05, 4.69) is 19.0 Å². The van der Waals surface area contributed by atoms with Crippen molar-refractivity contribution in [1.29, 1.82) is 5.53 Å². The first-order valence-corrected chi connectivity index (χ1v) is 7.10. The Morgan fingerprint density at radius 1 is 0.750 bits per heavy atom. The van der Waals surface area contributed by atoms with Crippen LogP contribution >= 0.6 is 0 Å². The molecule has 0 aromatic rings. The third kappa shape index (κ3) is 13.6. The standard InChI is InChI=1S/C14H30N2/c1-14(2)12-10-8-6-4-3-5-7-9-11-13-16-15/h14-15H,3-13H2,1-2H3. The van der Waals surface area contributed by atoms with Crippen molar-refractivity contribution in [2.75, 3.05) is 6.54 Å². The van der Waals surface area contributed by atoms with Crippen LogP contribution in [-0.2, 0) is 0 Å². The molecule has 0 bridgehead atoms. The molecule has 0 heterocycles. The highest BCUT2D eigenvalue weighted by Gasteiger charge is 1.95. The van der Waals surface area contributed by atoms with Crippen LogP contribution in [0.4, 0.5) is 0 Å². The van der Waals surface area contributed by atoms with Gasteiger partial charge in [0.2, 0.25) is 0 Å². The lowest BCUT2D eigenvalue weighted by Gasteiger charge is -2.04. The maximum atomic E-state index is 6.67. The second-order valence-electron chi connectivity index (χ2n) is 5.25. The molecule has 0 saturated carbocycles. The molecule has 0 aliphatic heterocycles. The molecule has 0 saturated heterocycles. The van der Waals surface area contributed by atoms with E-state index in [1.54, 1.807) is 0 Å². The van der Waals surface area contributed by atoms with E-state index in [0.717, 1.165) is 18.9 Å². The zero-order valence-corrected chi connectivity index (χ0v) is 11.3. The van der Waals surface area contributed by atoms with E-state index < -0.39 is 0 Å². The van der Waals surface area contributed by atoms with Crippen molar-refractivity contribution in [3.63, 3.8) is 0 Å². The number of nitrogens with zero attached hydrogens (tertiary/aromatic N) is 1. The van der Waals surface area contributed by atoms with Gasteiger partial charge in [-0.25, -0.2) is 5.53 Å². The Balaban J connectivity index is 2.90. The SMILES string of the molecule is CC(C)CCCCCCCCCCCN=N. The molecule has 0 amide bonds. The van der Waals surface area contributed by atoms with Crippen molar-refractivity contribution < 1.29 is 0 Å². The highest BCUT2D eigenvalue weighted by Crippen LogP contribution is 2.12. The van der Waals surface area contributed by atoms with Gasteiger partial charge in [0.15, 0.2) is 0 Å². The summed E-state index contributed by atoms with van der Waals surface area (Å²) in [5, 5.41) is 3.37. The summed E-state index contributed by atoms with van der Waals surface area (Å²) < 4.78 is 0. The van der Waals surface area contributed by atoms with E-state index in [4.69, 9.17) is 5.53 Å². The van der Waals surface area contributed by atoms with Crippen molar-refractivity contribution in [1.82, 2.24) is 0 Å². The Morgan fingerprint density at radius 3 is 1.62 bits per heavy atom. The van der Waals surface area contributed by atoms with Crippen molar-refractivity contribution in [3.05, 3.63) is 0 Å². The average molecular weight is 226 g/mol. The summed E-state index contributed by atoms with van der Waals surface area (Å²) >= 11 is 0. The first-order valence-electron chi connectivity index (χ1n) is 7.10. The normalized spacial score (nSPS) is 10.9. The molecule has 0 fully saturated rings. The van der Waals surface area contributed by atoms with E-state index in [9.17, 15) is 0 Å². The van der Waals surface area contributed by atoms with Crippen molar-refractivity contribution in [3.8, 4) is 0 Å². The first kappa shape index (κ1) is 15.6. The Labute approximate surface area is 102 Å². The van der Waals surface area contributed by atoms with E-state index >= 15 is 0 Å². The Morgan fingerprint density at radius 2 is 1.19 bits per heavy atom. The first-order chi connectivity index (χ1) is 7.77. The van der Waals surface area contributed by atoms with Gasteiger partial charge in [-0.15, -0.1) is 0 Å². The highest BCUT2D eigenvalue weighted by atomic mass is 14.9. The van der Waals surface area contributed by atoms with E-state index in [1.165, 1.54) is 57.8 Å². The summed E-state index contributed by atoms with van der Waals surface area (Å²) in [7, 11) is 0. The summed E-state index contributed by atoms with van der Waals surface area (Å²) in [5.41, 5.74) is 6.67.